The molecule has 0 spiro atoms. The highest BCUT2D eigenvalue weighted by atomic mass is 16.6. The second-order valence-electron chi connectivity index (χ2n) is 11.1. The van der Waals surface area contributed by atoms with Crippen LogP contribution in [0.1, 0.15) is 129 Å². The van der Waals surface area contributed by atoms with Gasteiger partial charge in [-0.25, -0.2) is 0 Å². The number of rotatable bonds is 28. The van der Waals surface area contributed by atoms with Gasteiger partial charge < -0.3 is 23.7 Å². The molecule has 0 aromatic heterocycles. The Hall–Kier alpha value is -0.200. The second kappa shape index (κ2) is 19.9. The summed E-state index contributed by atoms with van der Waals surface area (Å²) < 4.78 is 28.8. The van der Waals surface area contributed by atoms with Crippen LogP contribution in [0, 0.1) is 0 Å². The molecule has 5 nitrogen and oxygen atoms in total. The fraction of sp³-hybridized carbons (Fsp3) is 1.00. The van der Waals surface area contributed by atoms with Gasteiger partial charge in [-0.3, -0.25) is 0 Å². The summed E-state index contributed by atoms with van der Waals surface area (Å²) in [6.45, 7) is 10.2. The van der Waals surface area contributed by atoms with Gasteiger partial charge in [0.2, 0.25) is 0 Å². The third-order valence-corrected chi connectivity index (χ3v) is 7.55. The molecular formula is C30H58O5. The monoisotopic (exact) mass is 498 g/mol. The van der Waals surface area contributed by atoms with Crippen molar-refractivity contribution in [2.45, 2.75) is 141 Å². The Morgan fingerprint density at radius 2 is 0.771 bits per heavy atom. The Kier molecular flexibility index (Phi) is 17.6. The molecule has 0 bridgehead atoms. The van der Waals surface area contributed by atoms with Crippen molar-refractivity contribution >= 4 is 0 Å². The fourth-order valence-corrected chi connectivity index (χ4v) is 4.82. The molecule has 208 valence electrons. The Morgan fingerprint density at radius 1 is 0.457 bits per heavy atom. The van der Waals surface area contributed by atoms with Crippen molar-refractivity contribution in [1.82, 2.24) is 0 Å². The van der Waals surface area contributed by atoms with Gasteiger partial charge in [-0.2, -0.15) is 0 Å². The third-order valence-electron chi connectivity index (χ3n) is 7.55. The van der Waals surface area contributed by atoms with E-state index in [4.69, 9.17) is 23.7 Å². The van der Waals surface area contributed by atoms with Crippen LogP contribution in [0.25, 0.3) is 0 Å². The van der Waals surface area contributed by atoms with E-state index in [1.807, 2.05) is 0 Å². The maximum absolute atomic E-state index is 5.83. The minimum absolute atomic E-state index is 0.0129. The predicted molar refractivity (Wildman–Crippen MR) is 144 cm³/mol. The maximum Gasteiger partial charge on any atom is 0.115 e. The molecule has 2 atom stereocenters. The summed E-state index contributed by atoms with van der Waals surface area (Å²) in [6.07, 6.45) is 24.0. The summed E-state index contributed by atoms with van der Waals surface area (Å²) in [7, 11) is 0. The molecule has 0 aromatic rings. The van der Waals surface area contributed by atoms with Gasteiger partial charge in [0.1, 0.15) is 11.2 Å². The number of ether oxygens (including phenoxy) is 5. The smallest absolute Gasteiger partial charge is 0.115 e. The predicted octanol–water partition coefficient (Wildman–Crippen LogP) is 7.64. The standard InChI is InChI=1S/C30H58O5/c1-3-5-7-9-11-13-15-17-19-29(27-34-29)25-32-23-21-31-22-24-33-26-30(28-35-30)20-18-16-14-12-10-8-6-4-2/h3-28H2,1-2H3. The first kappa shape index (κ1) is 31.0. The molecule has 5 heteroatoms. The topological polar surface area (TPSA) is 52.8 Å². The molecular weight excluding hydrogens is 440 g/mol. The summed E-state index contributed by atoms with van der Waals surface area (Å²) in [5.41, 5.74) is 0.0257. The Bertz CT molecular complexity index is 433. The van der Waals surface area contributed by atoms with Gasteiger partial charge in [-0.1, -0.05) is 117 Å². The third kappa shape index (κ3) is 16.3. The summed E-state index contributed by atoms with van der Waals surface area (Å²) in [5, 5.41) is 0. The largest absolute Gasteiger partial charge is 0.377 e. The van der Waals surface area contributed by atoms with Gasteiger partial charge >= 0.3 is 0 Å². The molecule has 0 N–H and O–H groups in total. The van der Waals surface area contributed by atoms with Crippen molar-refractivity contribution in [2.75, 3.05) is 52.9 Å². The van der Waals surface area contributed by atoms with E-state index < -0.39 is 0 Å². The van der Waals surface area contributed by atoms with Crippen molar-refractivity contribution in [3.8, 4) is 0 Å². The van der Waals surface area contributed by atoms with Crippen molar-refractivity contribution in [3.63, 3.8) is 0 Å². The lowest BCUT2D eigenvalue weighted by Crippen LogP contribution is -2.22. The highest BCUT2D eigenvalue weighted by molar-refractivity contribution is 4.92. The van der Waals surface area contributed by atoms with Crippen molar-refractivity contribution in [2.24, 2.45) is 0 Å². The highest BCUT2D eigenvalue weighted by Crippen LogP contribution is 2.34. The SMILES string of the molecule is CCCCCCCCCCC1(COCCOCCOCC2(CCCCCCCCCC)CO2)CO1. The highest BCUT2D eigenvalue weighted by Gasteiger charge is 2.44. The van der Waals surface area contributed by atoms with E-state index in [1.54, 1.807) is 0 Å². The normalized spacial score (nSPS) is 23.1. The van der Waals surface area contributed by atoms with Crippen molar-refractivity contribution < 1.29 is 23.7 Å². The van der Waals surface area contributed by atoms with E-state index in [1.165, 1.54) is 103 Å². The zero-order chi connectivity index (χ0) is 24.9. The van der Waals surface area contributed by atoms with Crippen LogP contribution in [-0.4, -0.2) is 64.1 Å². The molecule has 2 aliphatic rings. The molecule has 2 rings (SSSR count). The van der Waals surface area contributed by atoms with E-state index in [2.05, 4.69) is 13.8 Å². The van der Waals surface area contributed by atoms with Crippen LogP contribution >= 0.6 is 0 Å². The molecule has 2 saturated heterocycles. The van der Waals surface area contributed by atoms with Gasteiger partial charge in [-0.05, 0) is 12.8 Å². The first-order chi connectivity index (χ1) is 17.2. The van der Waals surface area contributed by atoms with Crippen LogP contribution in [0.15, 0.2) is 0 Å². The molecule has 0 saturated carbocycles. The van der Waals surface area contributed by atoms with Crippen molar-refractivity contribution in [3.05, 3.63) is 0 Å². The molecule has 0 aliphatic carbocycles. The average molecular weight is 499 g/mol. The van der Waals surface area contributed by atoms with E-state index in [0.29, 0.717) is 39.6 Å². The van der Waals surface area contributed by atoms with Crippen LogP contribution in [-0.2, 0) is 23.7 Å². The van der Waals surface area contributed by atoms with Crippen LogP contribution in [0.2, 0.25) is 0 Å². The molecule has 0 radical (unpaired) electrons. The zero-order valence-corrected chi connectivity index (χ0v) is 23.4. The molecule has 35 heavy (non-hydrogen) atoms. The molecule has 2 fully saturated rings. The van der Waals surface area contributed by atoms with E-state index in [-0.39, 0.29) is 11.2 Å². The van der Waals surface area contributed by atoms with Gasteiger partial charge in [0.25, 0.3) is 0 Å². The fourth-order valence-electron chi connectivity index (χ4n) is 4.82. The van der Waals surface area contributed by atoms with Gasteiger partial charge in [0, 0.05) is 0 Å². The van der Waals surface area contributed by atoms with Crippen LogP contribution in [0.4, 0.5) is 0 Å². The van der Waals surface area contributed by atoms with Crippen molar-refractivity contribution in [1.29, 1.82) is 0 Å². The molecule has 0 aromatic carbocycles. The second-order valence-corrected chi connectivity index (χ2v) is 11.1. The van der Waals surface area contributed by atoms with Gasteiger partial charge in [0.05, 0.1) is 52.9 Å². The Balaban J connectivity index is 1.30. The summed E-state index contributed by atoms with van der Waals surface area (Å²) in [5.74, 6) is 0. The van der Waals surface area contributed by atoms with Crippen LogP contribution < -0.4 is 0 Å². The maximum atomic E-state index is 5.83. The van der Waals surface area contributed by atoms with Crippen LogP contribution in [0.3, 0.4) is 0 Å². The number of unbranched alkanes of at least 4 members (excludes halogenated alkanes) is 14. The average Bonchev–Trinajstić information content (AvgIpc) is 3.79. The molecule has 0 amide bonds. The lowest BCUT2D eigenvalue weighted by atomic mass is 10.0. The summed E-state index contributed by atoms with van der Waals surface area (Å²) >= 11 is 0. The zero-order valence-electron chi connectivity index (χ0n) is 23.4. The quantitative estimate of drug-likeness (QED) is 0.0819. The first-order valence-electron chi connectivity index (χ1n) is 15.3. The Morgan fingerprint density at radius 3 is 1.11 bits per heavy atom. The minimum atomic E-state index is 0.0129. The van der Waals surface area contributed by atoms with Gasteiger partial charge in [-0.15, -0.1) is 0 Å². The number of hydrogen-bond acceptors (Lipinski definition) is 5. The summed E-state index contributed by atoms with van der Waals surface area (Å²) in [6, 6.07) is 0. The lowest BCUT2D eigenvalue weighted by molar-refractivity contribution is -0.00668. The molecule has 2 unspecified atom stereocenters. The number of hydrogen-bond donors (Lipinski definition) is 0. The van der Waals surface area contributed by atoms with E-state index in [9.17, 15) is 0 Å². The van der Waals surface area contributed by atoms with E-state index in [0.717, 1.165) is 26.1 Å². The van der Waals surface area contributed by atoms with Gasteiger partial charge in [0.15, 0.2) is 0 Å². The lowest BCUT2D eigenvalue weighted by Gasteiger charge is -2.14. The minimum Gasteiger partial charge on any atom is -0.377 e. The number of epoxide rings is 2. The molecule has 2 aliphatic heterocycles. The summed E-state index contributed by atoms with van der Waals surface area (Å²) in [4.78, 5) is 0. The van der Waals surface area contributed by atoms with E-state index >= 15 is 0 Å². The first-order valence-corrected chi connectivity index (χ1v) is 15.3. The molecule has 2 heterocycles. The Labute approximate surface area is 217 Å². The van der Waals surface area contributed by atoms with Crippen LogP contribution in [0.5, 0.6) is 0 Å².